The number of hydrogen-bond donors (Lipinski definition) is 2. The number of amides is 2. The van der Waals surface area contributed by atoms with Crippen LogP contribution in [0.5, 0.6) is 0 Å². The summed E-state index contributed by atoms with van der Waals surface area (Å²) in [4.78, 5) is 22.8. The van der Waals surface area contributed by atoms with E-state index in [0.29, 0.717) is 13.1 Å². The molecule has 0 spiro atoms. The number of carbonyl (C=O) groups is 2. The standard InChI is InChI=1S/C16H30N2O2/c1-3-5-7-9-13-17-15(19)11-12-16(20)18-14-10-8-6-4-2/h11-12H,3-10,13-14H2,1-2H3,(H,17,19)(H,18,20)/b12-11+. The molecule has 0 aromatic heterocycles. The third-order valence-corrected chi connectivity index (χ3v) is 3.05. The fourth-order valence-electron chi connectivity index (χ4n) is 1.80. The molecule has 0 aliphatic rings. The molecule has 0 rings (SSSR count). The molecule has 4 nitrogen and oxygen atoms in total. The van der Waals surface area contributed by atoms with E-state index in [1.165, 1.54) is 37.8 Å². The van der Waals surface area contributed by atoms with E-state index in [-0.39, 0.29) is 11.8 Å². The molecular weight excluding hydrogens is 252 g/mol. The first-order valence-electron chi connectivity index (χ1n) is 7.94. The smallest absolute Gasteiger partial charge is 0.244 e. The molecule has 0 aromatic carbocycles. The molecule has 2 amide bonds. The minimum atomic E-state index is -0.192. The molecule has 4 heteroatoms. The molecular formula is C16H30N2O2. The maximum atomic E-state index is 11.4. The van der Waals surface area contributed by atoms with E-state index < -0.39 is 0 Å². The number of unbranched alkanes of at least 4 members (excludes halogenated alkanes) is 6. The zero-order valence-electron chi connectivity index (χ0n) is 13.0. The lowest BCUT2D eigenvalue weighted by molar-refractivity contribution is -0.118. The van der Waals surface area contributed by atoms with Crippen molar-refractivity contribution < 1.29 is 9.59 Å². The Morgan fingerprint density at radius 2 is 1.10 bits per heavy atom. The molecule has 0 atom stereocenters. The van der Waals surface area contributed by atoms with Gasteiger partial charge in [0.1, 0.15) is 0 Å². The van der Waals surface area contributed by atoms with Gasteiger partial charge in [0.15, 0.2) is 0 Å². The minimum absolute atomic E-state index is 0.192. The fourth-order valence-corrected chi connectivity index (χ4v) is 1.80. The Hall–Kier alpha value is -1.32. The van der Waals surface area contributed by atoms with Gasteiger partial charge in [-0.1, -0.05) is 52.4 Å². The van der Waals surface area contributed by atoms with Crippen molar-refractivity contribution in [2.75, 3.05) is 13.1 Å². The highest BCUT2D eigenvalue weighted by atomic mass is 16.2. The Morgan fingerprint density at radius 1 is 0.700 bits per heavy atom. The lowest BCUT2D eigenvalue weighted by Crippen LogP contribution is -2.25. The first-order chi connectivity index (χ1) is 9.70. The first kappa shape index (κ1) is 18.7. The Morgan fingerprint density at radius 3 is 1.45 bits per heavy atom. The second kappa shape index (κ2) is 14.1. The molecule has 0 fully saturated rings. The van der Waals surface area contributed by atoms with Crippen LogP contribution in [0.2, 0.25) is 0 Å². The average molecular weight is 282 g/mol. The Kier molecular flexibility index (Phi) is 13.2. The van der Waals surface area contributed by atoms with Crippen LogP contribution in [-0.4, -0.2) is 24.9 Å². The molecule has 0 bridgehead atoms. The third kappa shape index (κ3) is 13.1. The number of hydrogen-bond acceptors (Lipinski definition) is 2. The summed E-state index contributed by atoms with van der Waals surface area (Å²) in [7, 11) is 0. The lowest BCUT2D eigenvalue weighted by Gasteiger charge is -2.02. The quantitative estimate of drug-likeness (QED) is 0.427. The van der Waals surface area contributed by atoms with Gasteiger partial charge in [0.25, 0.3) is 0 Å². The Balaban J connectivity index is 3.54. The highest BCUT2D eigenvalue weighted by Gasteiger charge is 1.98. The van der Waals surface area contributed by atoms with E-state index in [9.17, 15) is 9.59 Å². The molecule has 2 N–H and O–H groups in total. The van der Waals surface area contributed by atoms with Crippen molar-refractivity contribution in [3.05, 3.63) is 12.2 Å². The van der Waals surface area contributed by atoms with Gasteiger partial charge >= 0.3 is 0 Å². The van der Waals surface area contributed by atoms with E-state index >= 15 is 0 Å². The van der Waals surface area contributed by atoms with Crippen LogP contribution in [-0.2, 0) is 9.59 Å². The van der Waals surface area contributed by atoms with Crippen LogP contribution in [0.3, 0.4) is 0 Å². The SMILES string of the molecule is CCCCCCNC(=O)/C=C/C(=O)NCCCCCC. The van der Waals surface area contributed by atoms with Gasteiger partial charge in [-0.3, -0.25) is 9.59 Å². The van der Waals surface area contributed by atoms with Gasteiger partial charge < -0.3 is 10.6 Å². The predicted octanol–water partition coefficient (Wildman–Crippen LogP) is 2.94. The van der Waals surface area contributed by atoms with Crippen molar-refractivity contribution in [1.82, 2.24) is 10.6 Å². The Bertz CT molecular complexity index is 260. The summed E-state index contributed by atoms with van der Waals surface area (Å²) < 4.78 is 0. The second-order valence-electron chi connectivity index (χ2n) is 5.04. The second-order valence-corrected chi connectivity index (χ2v) is 5.04. The van der Waals surface area contributed by atoms with E-state index in [0.717, 1.165) is 25.7 Å². The summed E-state index contributed by atoms with van der Waals surface area (Å²) in [5.74, 6) is -0.384. The maximum Gasteiger partial charge on any atom is 0.244 e. The Labute approximate surface area is 123 Å². The van der Waals surface area contributed by atoms with Crippen molar-refractivity contribution in [2.45, 2.75) is 65.2 Å². The summed E-state index contributed by atoms with van der Waals surface area (Å²) in [6, 6.07) is 0. The molecule has 0 aliphatic heterocycles. The summed E-state index contributed by atoms with van der Waals surface area (Å²) in [5, 5.41) is 5.55. The lowest BCUT2D eigenvalue weighted by atomic mass is 10.2. The molecule has 0 aliphatic carbocycles. The average Bonchev–Trinajstić information content (AvgIpc) is 2.44. The largest absolute Gasteiger partial charge is 0.353 e. The van der Waals surface area contributed by atoms with Gasteiger partial charge in [0.2, 0.25) is 11.8 Å². The molecule has 116 valence electrons. The van der Waals surface area contributed by atoms with Gasteiger partial charge in [-0.2, -0.15) is 0 Å². The van der Waals surface area contributed by atoms with Crippen LogP contribution < -0.4 is 10.6 Å². The summed E-state index contributed by atoms with van der Waals surface area (Å²) in [6.07, 6.45) is 11.7. The van der Waals surface area contributed by atoms with Crippen LogP contribution in [0, 0.1) is 0 Å². The number of carbonyl (C=O) groups excluding carboxylic acids is 2. The van der Waals surface area contributed by atoms with Crippen molar-refractivity contribution >= 4 is 11.8 Å². The number of rotatable bonds is 12. The third-order valence-electron chi connectivity index (χ3n) is 3.05. The molecule has 0 radical (unpaired) electrons. The number of nitrogens with one attached hydrogen (secondary N) is 2. The molecule has 0 unspecified atom stereocenters. The van der Waals surface area contributed by atoms with Gasteiger partial charge in [-0.05, 0) is 12.8 Å². The van der Waals surface area contributed by atoms with Crippen molar-refractivity contribution in [3.63, 3.8) is 0 Å². The minimum Gasteiger partial charge on any atom is -0.353 e. The van der Waals surface area contributed by atoms with Crippen LogP contribution in [0.25, 0.3) is 0 Å². The molecule has 20 heavy (non-hydrogen) atoms. The summed E-state index contributed by atoms with van der Waals surface area (Å²) in [5.41, 5.74) is 0. The monoisotopic (exact) mass is 282 g/mol. The first-order valence-corrected chi connectivity index (χ1v) is 7.94. The molecule has 0 saturated heterocycles. The molecule has 0 aromatic rings. The zero-order chi connectivity index (χ0) is 15.1. The van der Waals surface area contributed by atoms with E-state index in [2.05, 4.69) is 24.5 Å². The topological polar surface area (TPSA) is 58.2 Å². The fraction of sp³-hybridized carbons (Fsp3) is 0.750. The van der Waals surface area contributed by atoms with Crippen LogP contribution in [0.4, 0.5) is 0 Å². The summed E-state index contributed by atoms with van der Waals surface area (Å²) >= 11 is 0. The van der Waals surface area contributed by atoms with E-state index in [4.69, 9.17) is 0 Å². The van der Waals surface area contributed by atoms with Crippen molar-refractivity contribution in [3.8, 4) is 0 Å². The van der Waals surface area contributed by atoms with Crippen LogP contribution in [0.1, 0.15) is 65.2 Å². The zero-order valence-corrected chi connectivity index (χ0v) is 13.0. The van der Waals surface area contributed by atoms with Gasteiger partial charge in [-0.15, -0.1) is 0 Å². The highest BCUT2D eigenvalue weighted by molar-refractivity contribution is 5.96. The normalized spacial score (nSPS) is 10.7. The molecule has 0 heterocycles. The van der Waals surface area contributed by atoms with E-state index in [1.54, 1.807) is 0 Å². The molecule has 0 saturated carbocycles. The van der Waals surface area contributed by atoms with Gasteiger partial charge in [-0.25, -0.2) is 0 Å². The van der Waals surface area contributed by atoms with Gasteiger partial charge in [0, 0.05) is 25.2 Å². The van der Waals surface area contributed by atoms with Crippen LogP contribution >= 0.6 is 0 Å². The predicted molar refractivity (Wildman–Crippen MR) is 83.4 cm³/mol. The highest BCUT2D eigenvalue weighted by Crippen LogP contribution is 1.97. The van der Waals surface area contributed by atoms with E-state index in [1.807, 2.05) is 0 Å². The van der Waals surface area contributed by atoms with Crippen LogP contribution in [0.15, 0.2) is 12.2 Å². The maximum absolute atomic E-state index is 11.4. The van der Waals surface area contributed by atoms with Crippen molar-refractivity contribution in [1.29, 1.82) is 0 Å². The van der Waals surface area contributed by atoms with Crippen molar-refractivity contribution in [2.24, 2.45) is 0 Å². The summed E-state index contributed by atoms with van der Waals surface area (Å²) in [6.45, 7) is 5.67. The van der Waals surface area contributed by atoms with Gasteiger partial charge in [0.05, 0.1) is 0 Å².